The monoisotopic (exact) mass is 468 g/mol. The molecule has 8 heteroatoms. The van der Waals surface area contributed by atoms with Gasteiger partial charge in [-0.2, -0.15) is 0 Å². The number of halogens is 1. The minimum atomic E-state index is -0.271. The van der Waals surface area contributed by atoms with Crippen molar-refractivity contribution < 1.29 is 9.18 Å². The van der Waals surface area contributed by atoms with Gasteiger partial charge in [0.25, 0.3) is 0 Å². The maximum Gasteiger partial charge on any atom is 0.318 e. The number of aromatic nitrogens is 3. The Hall–Kier alpha value is -4.46. The van der Waals surface area contributed by atoms with E-state index in [0.29, 0.717) is 23.7 Å². The highest BCUT2D eigenvalue weighted by atomic mass is 19.1. The topological polar surface area (TPSA) is 83.3 Å². The van der Waals surface area contributed by atoms with Gasteiger partial charge in [-0.1, -0.05) is 24.3 Å². The van der Waals surface area contributed by atoms with Crippen molar-refractivity contribution in [3.8, 4) is 11.3 Å². The molecule has 5 aromatic rings. The number of aryl methyl sites for hydroxylation is 2. The third kappa shape index (κ3) is 4.38. The van der Waals surface area contributed by atoms with Crippen molar-refractivity contribution in [2.75, 3.05) is 17.7 Å². The Morgan fingerprint density at radius 1 is 1.00 bits per heavy atom. The first-order valence-corrected chi connectivity index (χ1v) is 11.3. The summed E-state index contributed by atoms with van der Waals surface area (Å²) in [6.07, 6.45) is 1.83. The van der Waals surface area contributed by atoms with Crippen LogP contribution in [-0.4, -0.2) is 27.4 Å². The molecule has 0 saturated carbocycles. The number of amides is 2. The second-order valence-corrected chi connectivity index (χ2v) is 8.45. The summed E-state index contributed by atoms with van der Waals surface area (Å²) in [6, 6.07) is 17.9. The summed E-state index contributed by atoms with van der Waals surface area (Å²) in [5.74, 6) is 0.384. The fourth-order valence-corrected chi connectivity index (χ4v) is 4.02. The lowest BCUT2D eigenvalue weighted by Gasteiger charge is -2.13. The SMILES string of the molecule is CNC(=O)Nc1ccc(-c2cnc3c(NCc4ccc(F)cc4)nc4cc(C)c(C)cc4n23)cc1. The second kappa shape index (κ2) is 9.06. The Bertz CT molecular complexity index is 1540. The van der Waals surface area contributed by atoms with Gasteiger partial charge in [-0.3, -0.25) is 4.40 Å². The summed E-state index contributed by atoms with van der Waals surface area (Å²) in [7, 11) is 1.58. The van der Waals surface area contributed by atoms with Crippen LogP contribution in [-0.2, 0) is 6.54 Å². The molecule has 0 aliphatic heterocycles. The molecule has 3 aromatic carbocycles. The highest BCUT2D eigenvalue weighted by Gasteiger charge is 2.16. The van der Waals surface area contributed by atoms with E-state index in [2.05, 4.69) is 46.3 Å². The van der Waals surface area contributed by atoms with E-state index in [-0.39, 0.29) is 11.8 Å². The molecule has 3 N–H and O–H groups in total. The average molecular weight is 469 g/mol. The summed E-state index contributed by atoms with van der Waals surface area (Å²) in [5.41, 5.74) is 8.32. The van der Waals surface area contributed by atoms with Crippen LogP contribution in [0, 0.1) is 19.7 Å². The van der Waals surface area contributed by atoms with Crippen LogP contribution in [0.1, 0.15) is 16.7 Å². The van der Waals surface area contributed by atoms with E-state index < -0.39 is 0 Å². The van der Waals surface area contributed by atoms with Crippen LogP contribution in [0.2, 0.25) is 0 Å². The summed E-state index contributed by atoms with van der Waals surface area (Å²) in [6.45, 7) is 4.64. The number of carbonyl (C=O) groups is 1. The van der Waals surface area contributed by atoms with Gasteiger partial charge in [0.15, 0.2) is 11.5 Å². The molecule has 5 rings (SSSR count). The molecule has 2 amide bonds. The van der Waals surface area contributed by atoms with Crippen molar-refractivity contribution in [2.24, 2.45) is 0 Å². The number of nitrogens with zero attached hydrogens (tertiary/aromatic N) is 3. The third-order valence-electron chi connectivity index (χ3n) is 6.08. The Kier molecular flexibility index (Phi) is 5.78. The number of fused-ring (bicyclic) bond motifs is 3. The fourth-order valence-electron chi connectivity index (χ4n) is 4.02. The minimum Gasteiger partial charge on any atom is -0.363 e. The smallest absolute Gasteiger partial charge is 0.318 e. The van der Waals surface area contributed by atoms with E-state index in [1.807, 2.05) is 30.5 Å². The van der Waals surface area contributed by atoms with Crippen LogP contribution in [0.15, 0.2) is 66.9 Å². The quantitative estimate of drug-likeness (QED) is 0.310. The van der Waals surface area contributed by atoms with Gasteiger partial charge in [-0.05, 0) is 66.9 Å². The van der Waals surface area contributed by atoms with Gasteiger partial charge < -0.3 is 16.0 Å². The van der Waals surface area contributed by atoms with Gasteiger partial charge in [-0.15, -0.1) is 0 Å². The lowest BCUT2D eigenvalue weighted by molar-refractivity contribution is 0.254. The normalized spacial score (nSPS) is 11.1. The molecule has 0 atom stereocenters. The average Bonchev–Trinajstić information content (AvgIpc) is 3.31. The number of imidazole rings is 1. The first-order chi connectivity index (χ1) is 16.9. The van der Waals surface area contributed by atoms with Crippen LogP contribution >= 0.6 is 0 Å². The second-order valence-electron chi connectivity index (χ2n) is 8.45. The standard InChI is InChI=1S/C27H25FN6O/c1-16-12-22-23(13-17(16)2)34-24(19-6-10-21(11-7-19)32-27(35)29-3)15-31-26(34)25(33-22)30-14-18-4-8-20(28)9-5-18/h4-13,15H,14H2,1-3H3,(H,30,33)(H2,29,32,35). The van der Waals surface area contributed by atoms with Gasteiger partial charge >= 0.3 is 6.03 Å². The lowest BCUT2D eigenvalue weighted by atomic mass is 10.1. The van der Waals surface area contributed by atoms with Crippen molar-refractivity contribution in [3.05, 3.63) is 89.4 Å². The molecule has 176 valence electrons. The molecule has 0 aliphatic carbocycles. The number of rotatable bonds is 5. The summed E-state index contributed by atoms with van der Waals surface area (Å²) in [4.78, 5) is 21.2. The van der Waals surface area contributed by atoms with E-state index >= 15 is 0 Å². The molecule has 7 nitrogen and oxygen atoms in total. The molecule has 35 heavy (non-hydrogen) atoms. The maximum atomic E-state index is 13.3. The zero-order chi connectivity index (χ0) is 24.5. The van der Waals surface area contributed by atoms with E-state index in [9.17, 15) is 9.18 Å². The van der Waals surface area contributed by atoms with E-state index in [1.165, 1.54) is 12.1 Å². The molecule has 0 bridgehead atoms. The van der Waals surface area contributed by atoms with Crippen LogP contribution in [0.5, 0.6) is 0 Å². The predicted octanol–water partition coefficient (Wildman–Crippen LogP) is 5.67. The van der Waals surface area contributed by atoms with Crippen molar-refractivity contribution in [3.63, 3.8) is 0 Å². The Morgan fingerprint density at radius 2 is 1.71 bits per heavy atom. The first-order valence-electron chi connectivity index (χ1n) is 11.3. The number of anilines is 2. The Labute approximate surface area is 202 Å². The van der Waals surface area contributed by atoms with Gasteiger partial charge in [0, 0.05) is 24.8 Å². The fraction of sp³-hybridized carbons (Fsp3) is 0.148. The van der Waals surface area contributed by atoms with Crippen LogP contribution in [0.25, 0.3) is 27.9 Å². The summed E-state index contributed by atoms with van der Waals surface area (Å²) >= 11 is 0. The van der Waals surface area contributed by atoms with Crippen molar-refractivity contribution in [1.29, 1.82) is 0 Å². The van der Waals surface area contributed by atoms with Crippen LogP contribution < -0.4 is 16.0 Å². The van der Waals surface area contributed by atoms with Crippen LogP contribution in [0.3, 0.4) is 0 Å². The molecular formula is C27H25FN6O. The zero-order valence-electron chi connectivity index (χ0n) is 19.7. The van der Waals surface area contributed by atoms with Crippen molar-refractivity contribution in [1.82, 2.24) is 19.7 Å². The van der Waals surface area contributed by atoms with Gasteiger partial charge in [-0.25, -0.2) is 19.2 Å². The number of benzene rings is 3. The Balaban J connectivity index is 1.61. The zero-order valence-corrected chi connectivity index (χ0v) is 19.7. The summed E-state index contributed by atoms with van der Waals surface area (Å²) < 4.78 is 15.4. The molecule has 0 fully saturated rings. The highest BCUT2D eigenvalue weighted by molar-refractivity contribution is 5.90. The first kappa shape index (κ1) is 22.3. The number of carbonyl (C=O) groups excluding carboxylic acids is 1. The van der Waals surface area contributed by atoms with E-state index in [0.717, 1.165) is 39.0 Å². The molecule has 0 spiro atoms. The molecule has 0 aliphatic rings. The minimum absolute atomic E-state index is 0.264. The molecule has 2 aromatic heterocycles. The Morgan fingerprint density at radius 3 is 2.43 bits per heavy atom. The molecule has 2 heterocycles. The predicted molar refractivity (Wildman–Crippen MR) is 137 cm³/mol. The van der Waals surface area contributed by atoms with Crippen LogP contribution in [0.4, 0.5) is 20.7 Å². The molecule has 0 radical (unpaired) electrons. The van der Waals surface area contributed by atoms with Crippen molar-refractivity contribution >= 4 is 34.2 Å². The number of urea groups is 1. The van der Waals surface area contributed by atoms with Gasteiger partial charge in [0.05, 0.1) is 22.9 Å². The molecule has 0 saturated heterocycles. The summed E-state index contributed by atoms with van der Waals surface area (Å²) in [5, 5.41) is 8.70. The molecular weight excluding hydrogens is 443 g/mol. The number of hydrogen-bond acceptors (Lipinski definition) is 4. The highest BCUT2D eigenvalue weighted by Crippen LogP contribution is 2.30. The van der Waals surface area contributed by atoms with Gasteiger partial charge in [0.1, 0.15) is 5.82 Å². The van der Waals surface area contributed by atoms with E-state index in [4.69, 9.17) is 9.97 Å². The number of nitrogens with one attached hydrogen (secondary N) is 3. The van der Waals surface area contributed by atoms with Gasteiger partial charge in [0.2, 0.25) is 0 Å². The third-order valence-corrected chi connectivity index (χ3v) is 6.08. The van der Waals surface area contributed by atoms with Crippen molar-refractivity contribution in [2.45, 2.75) is 20.4 Å². The van der Waals surface area contributed by atoms with E-state index in [1.54, 1.807) is 19.2 Å². The maximum absolute atomic E-state index is 13.3. The molecule has 0 unspecified atom stereocenters. The number of hydrogen-bond donors (Lipinski definition) is 3. The largest absolute Gasteiger partial charge is 0.363 e. The lowest BCUT2D eigenvalue weighted by Crippen LogP contribution is -2.24.